The zero-order chi connectivity index (χ0) is 24.8. The molecule has 1 aliphatic heterocycles. The van der Waals surface area contributed by atoms with Gasteiger partial charge in [0.2, 0.25) is 5.90 Å². The Balaban J connectivity index is 2.40. The number of carbonyl (C=O) groups is 2. The molecule has 2 aliphatic rings. The molecular weight excluding hydrogens is 461 g/mol. The number of benzene rings is 1. The van der Waals surface area contributed by atoms with E-state index in [9.17, 15) is 14.2 Å². The summed E-state index contributed by atoms with van der Waals surface area (Å²) >= 11 is 0. The number of ether oxygens (including phenoxy) is 3. The minimum atomic E-state index is -4.29. The minimum Gasteiger partial charge on any atom is -0.465 e. The molecule has 10 heteroatoms. The van der Waals surface area contributed by atoms with Gasteiger partial charge >= 0.3 is 19.5 Å². The molecule has 0 bridgehead atoms. The molecule has 0 amide bonds. The van der Waals surface area contributed by atoms with Crippen LogP contribution in [-0.4, -0.2) is 51.3 Å². The predicted molar refractivity (Wildman–Crippen MR) is 125 cm³/mol. The first kappa shape index (κ1) is 26.1. The molecule has 1 heterocycles. The van der Waals surface area contributed by atoms with Crippen molar-refractivity contribution in [2.75, 3.05) is 27.4 Å². The second-order valence-corrected chi connectivity index (χ2v) is 10.0. The first-order valence-corrected chi connectivity index (χ1v) is 13.1. The van der Waals surface area contributed by atoms with Crippen LogP contribution in [0.4, 0.5) is 0 Å². The summed E-state index contributed by atoms with van der Waals surface area (Å²) in [6, 6.07) is 8.31. The molecule has 1 atom stereocenters. The highest BCUT2D eigenvalue weighted by molar-refractivity contribution is 7.55. The number of nitrogens with zero attached hydrogens (tertiary/aromatic N) is 1. The maximum Gasteiger partial charge on any atom is 0.383 e. The molecule has 34 heavy (non-hydrogen) atoms. The van der Waals surface area contributed by atoms with Gasteiger partial charge in [0.1, 0.15) is 11.1 Å². The number of aliphatic imine (C=N–C) groups is 1. The monoisotopic (exact) mass is 493 g/mol. The Morgan fingerprint density at radius 1 is 1.00 bits per heavy atom. The Bertz CT molecular complexity index is 989. The molecular formula is C24H32NO8P. The van der Waals surface area contributed by atoms with Crippen LogP contribution in [0, 0.1) is 0 Å². The molecule has 1 aromatic rings. The van der Waals surface area contributed by atoms with E-state index in [1.807, 2.05) is 0 Å². The van der Waals surface area contributed by atoms with Crippen LogP contribution in [0.3, 0.4) is 0 Å². The summed E-state index contributed by atoms with van der Waals surface area (Å²) in [4.78, 5) is 31.0. The molecule has 1 unspecified atom stereocenters. The SMILES string of the molecule is CCOP(=O)(OCC)C1(c2ccccc2)OC(=NC2CCCCC2)C(C(=O)OC)=C1C(=O)OC. The van der Waals surface area contributed by atoms with Gasteiger partial charge in [-0.3, -0.25) is 4.57 Å². The van der Waals surface area contributed by atoms with Gasteiger partial charge in [-0.05, 0) is 26.7 Å². The number of hydrogen-bond acceptors (Lipinski definition) is 9. The Morgan fingerprint density at radius 2 is 1.59 bits per heavy atom. The van der Waals surface area contributed by atoms with E-state index in [0.29, 0.717) is 5.56 Å². The molecule has 0 spiro atoms. The fourth-order valence-electron chi connectivity index (χ4n) is 4.40. The van der Waals surface area contributed by atoms with Crippen molar-refractivity contribution < 1.29 is 37.4 Å². The Labute approximate surface area is 200 Å². The van der Waals surface area contributed by atoms with Crippen molar-refractivity contribution in [2.24, 2.45) is 4.99 Å². The van der Waals surface area contributed by atoms with Crippen LogP contribution in [0.25, 0.3) is 0 Å². The van der Waals surface area contributed by atoms with Crippen LogP contribution in [0.2, 0.25) is 0 Å². The van der Waals surface area contributed by atoms with Crippen molar-refractivity contribution >= 4 is 25.4 Å². The van der Waals surface area contributed by atoms with Crippen LogP contribution >= 0.6 is 7.60 Å². The summed E-state index contributed by atoms with van der Waals surface area (Å²) in [6.45, 7) is 3.32. The molecule has 1 saturated carbocycles. The first-order chi connectivity index (χ1) is 16.4. The van der Waals surface area contributed by atoms with Crippen molar-refractivity contribution in [1.29, 1.82) is 0 Å². The van der Waals surface area contributed by atoms with Gasteiger partial charge in [-0.2, -0.15) is 0 Å². The van der Waals surface area contributed by atoms with Gasteiger partial charge in [0, 0.05) is 5.56 Å². The third-order valence-electron chi connectivity index (χ3n) is 5.85. The van der Waals surface area contributed by atoms with Gasteiger partial charge in [0.25, 0.3) is 5.34 Å². The van der Waals surface area contributed by atoms with Gasteiger partial charge in [-0.15, -0.1) is 0 Å². The molecule has 1 aliphatic carbocycles. The minimum absolute atomic E-state index is 0.00628. The second-order valence-electron chi connectivity index (χ2n) is 7.90. The van der Waals surface area contributed by atoms with Gasteiger partial charge in [0.15, 0.2) is 0 Å². The van der Waals surface area contributed by atoms with Crippen LogP contribution in [0.5, 0.6) is 0 Å². The second kappa shape index (κ2) is 11.3. The molecule has 9 nitrogen and oxygen atoms in total. The largest absolute Gasteiger partial charge is 0.465 e. The van der Waals surface area contributed by atoms with E-state index in [2.05, 4.69) is 0 Å². The maximum absolute atomic E-state index is 14.4. The van der Waals surface area contributed by atoms with Gasteiger partial charge in [-0.25, -0.2) is 14.6 Å². The molecule has 186 valence electrons. The number of carbonyl (C=O) groups excluding carboxylic acids is 2. The van der Waals surface area contributed by atoms with E-state index in [1.54, 1.807) is 44.2 Å². The molecule has 0 aromatic heterocycles. The lowest BCUT2D eigenvalue weighted by molar-refractivity contribution is -0.139. The number of hydrogen-bond donors (Lipinski definition) is 0. The van der Waals surface area contributed by atoms with E-state index in [4.69, 9.17) is 28.3 Å². The van der Waals surface area contributed by atoms with E-state index >= 15 is 0 Å². The normalized spacial score (nSPS) is 22.5. The van der Waals surface area contributed by atoms with Gasteiger partial charge < -0.3 is 23.3 Å². The van der Waals surface area contributed by atoms with Crippen LogP contribution in [0.1, 0.15) is 51.5 Å². The smallest absolute Gasteiger partial charge is 0.383 e. The molecule has 0 N–H and O–H groups in total. The first-order valence-electron chi connectivity index (χ1n) is 11.5. The van der Waals surface area contributed by atoms with Crippen molar-refractivity contribution in [3.63, 3.8) is 0 Å². The third-order valence-corrected chi connectivity index (χ3v) is 8.39. The van der Waals surface area contributed by atoms with E-state index < -0.39 is 24.9 Å². The standard InChI is InChI=1S/C24H32NO8P/c1-5-31-34(28,32-6-2)24(17-13-9-7-10-14-17)20(23(27)30-4)19(22(26)29-3)21(33-24)25-18-15-11-8-12-16-18/h7,9-10,13-14,18H,5-6,8,11-12,15-16H2,1-4H3. The van der Waals surface area contributed by atoms with Crippen molar-refractivity contribution in [2.45, 2.75) is 57.3 Å². The predicted octanol–water partition coefficient (Wildman–Crippen LogP) is 4.51. The highest BCUT2D eigenvalue weighted by Gasteiger charge is 2.66. The zero-order valence-electron chi connectivity index (χ0n) is 20.1. The summed E-state index contributed by atoms with van der Waals surface area (Å²) < 4.78 is 42.2. The van der Waals surface area contributed by atoms with E-state index in [1.165, 1.54) is 14.2 Å². The fraction of sp³-hybridized carbons (Fsp3) is 0.542. The number of methoxy groups -OCH3 is 2. The van der Waals surface area contributed by atoms with Crippen molar-refractivity contribution in [3.05, 3.63) is 47.0 Å². The third kappa shape index (κ3) is 4.69. The summed E-state index contributed by atoms with van der Waals surface area (Å²) in [5.74, 6) is -1.90. The quantitative estimate of drug-likeness (QED) is 0.365. The highest BCUT2D eigenvalue weighted by Crippen LogP contribution is 2.71. The van der Waals surface area contributed by atoms with E-state index in [0.717, 1.165) is 32.1 Å². The van der Waals surface area contributed by atoms with Crippen molar-refractivity contribution in [3.8, 4) is 0 Å². The summed E-state index contributed by atoms with van der Waals surface area (Å²) in [5.41, 5.74) is -0.243. The summed E-state index contributed by atoms with van der Waals surface area (Å²) in [7, 11) is -1.93. The number of esters is 2. The molecule has 1 aromatic carbocycles. The lowest BCUT2D eigenvalue weighted by atomic mass is 9.95. The Kier molecular flexibility index (Phi) is 8.68. The topological polar surface area (TPSA) is 110 Å². The fourth-order valence-corrected chi connectivity index (χ4v) is 6.65. The lowest BCUT2D eigenvalue weighted by Crippen LogP contribution is -2.35. The van der Waals surface area contributed by atoms with Gasteiger partial charge in [-0.1, -0.05) is 49.6 Å². The molecule has 0 radical (unpaired) electrons. The van der Waals surface area contributed by atoms with Crippen LogP contribution in [-0.2, 0) is 42.8 Å². The molecule has 3 rings (SSSR count). The highest BCUT2D eigenvalue weighted by atomic mass is 31.2. The van der Waals surface area contributed by atoms with Gasteiger partial charge in [0.05, 0.1) is 33.5 Å². The van der Waals surface area contributed by atoms with E-state index in [-0.39, 0.29) is 36.3 Å². The molecule has 1 fully saturated rings. The summed E-state index contributed by atoms with van der Waals surface area (Å²) in [5, 5.41) is -2.11. The number of rotatable bonds is 9. The van der Waals surface area contributed by atoms with Crippen LogP contribution < -0.4 is 0 Å². The average Bonchev–Trinajstić information content (AvgIpc) is 3.21. The zero-order valence-corrected chi connectivity index (χ0v) is 21.0. The Morgan fingerprint density at radius 3 is 2.12 bits per heavy atom. The van der Waals surface area contributed by atoms with Crippen molar-refractivity contribution in [1.82, 2.24) is 0 Å². The molecule has 0 saturated heterocycles. The van der Waals surface area contributed by atoms with Crippen LogP contribution in [0.15, 0.2) is 46.5 Å². The Hall–Kier alpha value is -2.48. The average molecular weight is 493 g/mol. The summed E-state index contributed by atoms with van der Waals surface area (Å²) in [6.07, 6.45) is 4.70. The lowest BCUT2D eigenvalue weighted by Gasteiger charge is -2.36. The maximum atomic E-state index is 14.4.